The van der Waals surface area contributed by atoms with Gasteiger partial charge >= 0.3 is 0 Å². The maximum absolute atomic E-state index is 13.2. The van der Waals surface area contributed by atoms with Crippen LogP contribution in [0, 0.1) is 0 Å². The molecule has 2 amide bonds. The van der Waals surface area contributed by atoms with E-state index in [9.17, 15) is 14.7 Å². The van der Waals surface area contributed by atoms with E-state index in [-0.39, 0.29) is 17.9 Å². The van der Waals surface area contributed by atoms with Crippen LogP contribution < -0.4 is 5.32 Å². The van der Waals surface area contributed by atoms with Gasteiger partial charge in [0.25, 0.3) is 5.91 Å². The predicted octanol–water partition coefficient (Wildman–Crippen LogP) is 2.58. The molecule has 29 heavy (non-hydrogen) atoms. The first-order chi connectivity index (χ1) is 14.1. The van der Waals surface area contributed by atoms with Crippen molar-refractivity contribution in [3.63, 3.8) is 0 Å². The lowest BCUT2D eigenvalue weighted by atomic mass is 10.0. The molecule has 1 aliphatic heterocycles. The maximum atomic E-state index is 13.2. The molecule has 1 saturated heterocycles. The number of benzene rings is 2. The summed E-state index contributed by atoms with van der Waals surface area (Å²) < 4.78 is 0. The number of carbonyl (C=O) groups excluding carboxylic acids is 2. The van der Waals surface area contributed by atoms with Gasteiger partial charge in [-0.25, -0.2) is 0 Å². The van der Waals surface area contributed by atoms with Crippen molar-refractivity contribution in [2.24, 2.45) is 0 Å². The van der Waals surface area contributed by atoms with Crippen LogP contribution in [0.1, 0.15) is 30.1 Å². The van der Waals surface area contributed by atoms with Crippen molar-refractivity contribution in [1.29, 1.82) is 0 Å². The van der Waals surface area contributed by atoms with E-state index in [1.807, 2.05) is 48.5 Å². The van der Waals surface area contributed by atoms with Gasteiger partial charge in [-0.3, -0.25) is 14.6 Å². The summed E-state index contributed by atoms with van der Waals surface area (Å²) >= 11 is 0. The second-order valence-corrected chi connectivity index (χ2v) is 7.39. The number of aliphatic hydroxyl groups excluding tert-OH is 1. The molecule has 1 aliphatic rings. The van der Waals surface area contributed by atoms with E-state index in [1.165, 1.54) is 0 Å². The number of pyridine rings is 1. The number of amides is 2. The molecule has 3 aromatic rings. The summed E-state index contributed by atoms with van der Waals surface area (Å²) in [6, 6.07) is 17.0. The lowest BCUT2D eigenvalue weighted by Crippen LogP contribution is -2.43. The Kier molecular flexibility index (Phi) is 5.53. The van der Waals surface area contributed by atoms with Gasteiger partial charge in [-0.2, -0.15) is 0 Å². The number of carbonyl (C=O) groups is 2. The quantitative estimate of drug-likeness (QED) is 0.679. The Labute approximate surface area is 169 Å². The minimum absolute atomic E-state index is 0.00128. The molecule has 4 rings (SSSR count). The highest BCUT2D eigenvalue weighted by Crippen LogP contribution is 2.23. The van der Waals surface area contributed by atoms with Gasteiger partial charge in [0.05, 0.1) is 0 Å². The largest absolute Gasteiger partial charge is 0.378 e. The molecule has 6 nitrogen and oxygen atoms in total. The van der Waals surface area contributed by atoms with Crippen molar-refractivity contribution in [1.82, 2.24) is 15.2 Å². The molecule has 0 spiro atoms. The van der Waals surface area contributed by atoms with Gasteiger partial charge in [0.15, 0.2) is 6.10 Å². The van der Waals surface area contributed by atoms with E-state index in [0.29, 0.717) is 31.5 Å². The number of aliphatic hydroxyl groups is 1. The van der Waals surface area contributed by atoms with Crippen LogP contribution in [0.4, 0.5) is 0 Å². The van der Waals surface area contributed by atoms with E-state index >= 15 is 0 Å². The Morgan fingerprint density at radius 3 is 2.62 bits per heavy atom. The molecule has 2 aromatic carbocycles. The molecule has 0 unspecified atom stereocenters. The molecule has 0 saturated carbocycles. The maximum Gasteiger partial charge on any atom is 0.256 e. The lowest BCUT2D eigenvalue weighted by molar-refractivity contribution is -0.141. The minimum Gasteiger partial charge on any atom is -0.378 e. The molecule has 2 atom stereocenters. The number of aromatic nitrogens is 1. The molecule has 148 valence electrons. The molecule has 0 bridgehead atoms. The SMILES string of the molecule is O=C1CC[C@@H](CN(Cc2ccncc2)C(=O)[C@H](O)c2ccc3ccccc3c2)N1. The van der Waals surface area contributed by atoms with Crippen LogP contribution in [-0.4, -0.2) is 39.4 Å². The Bertz CT molecular complexity index is 1020. The Morgan fingerprint density at radius 1 is 1.14 bits per heavy atom. The molecular weight excluding hydrogens is 366 g/mol. The lowest BCUT2D eigenvalue weighted by Gasteiger charge is -2.28. The first-order valence-corrected chi connectivity index (χ1v) is 9.74. The summed E-state index contributed by atoms with van der Waals surface area (Å²) in [6.45, 7) is 0.704. The van der Waals surface area contributed by atoms with Crippen LogP contribution in [0.2, 0.25) is 0 Å². The van der Waals surface area contributed by atoms with Gasteiger partial charge < -0.3 is 15.3 Å². The number of hydrogen-bond donors (Lipinski definition) is 2. The second-order valence-electron chi connectivity index (χ2n) is 7.39. The van der Waals surface area contributed by atoms with Crippen LogP contribution in [0.25, 0.3) is 10.8 Å². The zero-order valence-corrected chi connectivity index (χ0v) is 16.0. The van der Waals surface area contributed by atoms with Crippen molar-refractivity contribution in [3.8, 4) is 0 Å². The van der Waals surface area contributed by atoms with Crippen LogP contribution in [-0.2, 0) is 16.1 Å². The minimum atomic E-state index is -1.27. The van der Waals surface area contributed by atoms with E-state index < -0.39 is 6.10 Å². The smallest absolute Gasteiger partial charge is 0.256 e. The van der Waals surface area contributed by atoms with Crippen molar-refractivity contribution >= 4 is 22.6 Å². The Morgan fingerprint density at radius 2 is 1.90 bits per heavy atom. The summed E-state index contributed by atoms with van der Waals surface area (Å²) in [6.07, 6.45) is 3.24. The third kappa shape index (κ3) is 4.43. The number of fused-ring (bicyclic) bond motifs is 1. The summed E-state index contributed by atoms with van der Waals surface area (Å²) in [7, 11) is 0. The molecule has 0 radical (unpaired) electrons. The molecular formula is C23H23N3O3. The fourth-order valence-corrected chi connectivity index (χ4v) is 3.71. The van der Waals surface area contributed by atoms with E-state index in [0.717, 1.165) is 16.3 Å². The van der Waals surface area contributed by atoms with Gasteiger partial charge in [-0.15, -0.1) is 0 Å². The topological polar surface area (TPSA) is 82.5 Å². The second kappa shape index (κ2) is 8.41. The zero-order chi connectivity index (χ0) is 20.2. The predicted molar refractivity (Wildman–Crippen MR) is 110 cm³/mol. The van der Waals surface area contributed by atoms with Gasteiger partial charge in [-0.1, -0.05) is 36.4 Å². The molecule has 2 N–H and O–H groups in total. The Balaban J connectivity index is 1.57. The fraction of sp³-hybridized carbons (Fsp3) is 0.261. The molecule has 6 heteroatoms. The normalized spacial score (nSPS) is 17.1. The zero-order valence-electron chi connectivity index (χ0n) is 16.0. The van der Waals surface area contributed by atoms with Crippen molar-refractivity contribution in [2.45, 2.75) is 31.5 Å². The van der Waals surface area contributed by atoms with Crippen LogP contribution in [0.3, 0.4) is 0 Å². The first kappa shape index (κ1) is 19.1. The number of hydrogen-bond acceptors (Lipinski definition) is 4. The average Bonchev–Trinajstić information content (AvgIpc) is 3.17. The van der Waals surface area contributed by atoms with Crippen LogP contribution >= 0.6 is 0 Å². The molecule has 0 aliphatic carbocycles. The Hall–Kier alpha value is -3.25. The van der Waals surface area contributed by atoms with Crippen molar-refractivity contribution in [3.05, 3.63) is 78.1 Å². The summed E-state index contributed by atoms with van der Waals surface area (Å²) in [4.78, 5) is 30.4. The highest BCUT2D eigenvalue weighted by atomic mass is 16.3. The first-order valence-electron chi connectivity index (χ1n) is 9.74. The third-order valence-electron chi connectivity index (χ3n) is 5.28. The molecule has 2 heterocycles. The van der Waals surface area contributed by atoms with E-state index in [2.05, 4.69) is 10.3 Å². The summed E-state index contributed by atoms with van der Waals surface area (Å²) in [5.74, 6) is -0.375. The van der Waals surface area contributed by atoms with Gasteiger partial charge in [0, 0.05) is 37.9 Å². The summed E-state index contributed by atoms with van der Waals surface area (Å²) in [5, 5.41) is 15.8. The van der Waals surface area contributed by atoms with Gasteiger partial charge in [-0.05, 0) is 46.5 Å². The standard InChI is InChI=1S/C23H23N3O3/c27-21-8-7-20(25-21)15-26(14-16-9-11-24-12-10-16)23(29)22(28)19-6-5-17-3-1-2-4-18(17)13-19/h1-6,9-13,20,22,28H,7-8,14-15H2,(H,25,27)/t20-,22+/m0/s1. The van der Waals surface area contributed by atoms with Crippen LogP contribution in [0.15, 0.2) is 67.0 Å². The monoisotopic (exact) mass is 389 g/mol. The number of nitrogens with one attached hydrogen (secondary N) is 1. The van der Waals surface area contributed by atoms with Crippen LogP contribution in [0.5, 0.6) is 0 Å². The highest BCUT2D eigenvalue weighted by Gasteiger charge is 2.29. The molecule has 1 fully saturated rings. The van der Waals surface area contributed by atoms with Gasteiger partial charge in [0.2, 0.25) is 5.91 Å². The molecule has 1 aromatic heterocycles. The van der Waals surface area contributed by atoms with Crippen molar-refractivity contribution < 1.29 is 14.7 Å². The fourth-order valence-electron chi connectivity index (χ4n) is 3.71. The van der Waals surface area contributed by atoms with Gasteiger partial charge in [0.1, 0.15) is 0 Å². The van der Waals surface area contributed by atoms with E-state index in [1.54, 1.807) is 23.4 Å². The van der Waals surface area contributed by atoms with Crippen molar-refractivity contribution in [2.75, 3.05) is 6.54 Å². The number of rotatable bonds is 6. The number of nitrogens with zero attached hydrogens (tertiary/aromatic N) is 2. The highest BCUT2D eigenvalue weighted by molar-refractivity contribution is 5.87. The van der Waals surface area contributed by atoms with E-state index in [4.69, 9.17) is 0 Å². The average molecular weight is 389 g/mol. The summed E-state index contributed by atoms with van der Waals surface area (Å²) in [5.41, 5.74) is 1.48. The third-order valence-corrected chi connectivity index (χ3v) is 5.28.